The Labute approximate surface area is 567 Å². The van der Waals surface area contributed by atoms with Gasteiger partial charge in [0.15, 0.2) is 50.3 Å². The molecule has 8 rings (SSSR count). The molecule has 0 aromatic rings. The van der Waals surface area contributed by atoms with Crippen LogP contribution in [0.25, 0.3) is 0 Å². The molecule has 8 aliphatic heterocycles. The molecular formula is C56H94N4O40. The number of hydrogen-bond acceptors (Lipinski definition) is 40. The van der Waals surface area contributed by atoms with E-state index < -0.39 is 315 Å². The Hall–Kier alpha value is -3.56. The molecule has 8 saturated heterocycles. The standard InChI is InChI=1S/C56H94N4O40/c1-13-29(70)38(79)41(82)53(88-13)87-12-24-46(35(76)25(49(85)89-24)57-14(2)66)97-51-27(59-16(4)68)37(78)45(22(10-65)93-51)98-55-43(84)47(33(74)23(95-55)11-86-54-42(83)39(80)31(72)19(7-62)91-54)99-56-48(40(81)32(73)20(8-63)92-56)100-52-28(60-17(5)69)36(77)44(21(9-64)94-52)96-50-26(58-15(3)67)34(75)30(71)18(6-61)90-50/h13,18-56,61-65,70-85H,6-12H2,1-5H3,(H,57,66)(H,58,67)(H,59,68)(H,60,69)/t13-,18+,19+,20+,21+,22+,23+,24+,25+,26+,27+,28+,29+,30-,31+,32+,33+,34+,35+,36+,37+,38+,39-,40-,41-,42-,43-,44+,45+,46+,47-,48-,49+,50-,51-,52-,53+,54-,55-,56-/m0/s1. The first-order valence-corrected chi connectivity index (χ1v) is 32.0. The Balaban J connectivity index is 1.10. The van der Waals surface area contributed by atoms with Gasteiger partial charge in [-0.15, -0.1) is 0 Å². The van der Waals surface area contributed by atoms with Gasteiger partial charge in [0.1, 0.15) is 189 Å². The van der Waals surface area contributed by atoms with E-state index in [1.165, 1.54) is 6.92 Å². The van der Waals surface area contributed by atoms with E-state index in [9.17, 15) is 126 Å². The molecule has 0 unspecified atom stereocenters. The molecule has 0 spiro atoms. The number of carbonyl (C=O) groups excluding carboxylic acids is 4. The van der Waals surface area contributed by atoms with Crippen LogP contribution in [-0.2, 0) is 90.2 Å². The predicted octanol–water partition coefficient (Wildman–Crippen LogP) is -16.8. The van der Waals surface area contributed by atoms with Gasteiger partial charge in [-0.2, -0.15) is 0 Å². The molecule has 0 bridgehead atoms. The lowest BCUT2D eigenvalue weighted by molar-refractivity contribution is -0.396. The van der Waals surface area contributed by atoms with Crippen molar-refractivity contribution < 1.29 is 197 Å². The highest BCUT2D eigenvalue weighted by molar-refractivity contribution is 5.74. The van der Waals surface area contributed by atoms with Gasteiger partial charge < -0.3 is 200 Å². The van der Waals surface area contributed by atoms with Crippen molar-refractivity contribution >= 4 is 23.6 Å². The van der Waals surface area contributed by atoms with Crippen LogP contribution < -0.4 is 21.3 Å². The molecule has 0 radical (unpaired) electrons. The number of aliphatic hydroxyl groups is 21. The highest BCUT2D eigenvalue weighted by atomic mass is 16.8. The largest absolute Gasteiger partial charge is 0.394 e. The minimum atomic E-state index is -2.48. The number of ether oxygens (including phenoxy) is 15. The molecule has 44 heteroatoms. The lowest BCUT2D eigenvalue weighted by Gasteiger charge is -2.51. The van der Waals surface area contributed by atoms with E-state index in [-0.39, 0.29) is 0 Å². The Morgan fingerprint density at radius 3 is 1.08 bits per heavy atom. The molecule has 0 aromatic heterocycles. The van der Waals surface area contributed by atoms with Crippen LogP contribution in [0.3, 0.4) is 0 Å². The maximum atomic E-state index is 13.0. The van der Waals surface area contributed by atoms with Gasteiger partial charge in [-0.25, -0.2) is 0 Å². The molecule has 0 aromatic carbocycles. The number of hydrogen-bond donors (Lipinski definition) is 25. The minimum absolute atomic E-state index is 0.782. The van der Waals surface area contributed by atoms with Gasteiger partial charge in [0, 0.05) is 27.7 Å². The second-order valence-electron chi connectivity index (χ2n) is 25.4. The smallest absolute Gasteiger partial charge is 0.217 e. The Kier molecular flexibility index (Phi) is 29.3. The summed E-state index contributed by atoms with van der Waals surface area (Å²) in [5.74, 6) is -3.43. The van der Waals surface area contributed by atoms with Crippen LogP contribution in [0.2, 0.25) is 0 Å². The number of rotatable bonds is 25. The summed E-state index contributed by atoms with van der Waals surface area (Å²) in [6, 6.07) is -7.14. The highest BCUT2D eigenvalue weighted by Crippen LogP contribution is 2.39. The van der Waals surface area contributed by atoms with E-state index in [1.54, 1.807) is 0 Å². The summed E-state index contributed by atoms with van der Waals surface area (Å²) in [6.45, 7) is -1.77. The van der Waals surface area contributed by atoms with Crippen LogP contribution in [0.1, 0.15) is 34.6 Å². The van der Waals surface area contributed by atoms with Gasteiger partial charge in [0.05, 0.1) is 52.4 Å². The van der Waals surface area contributed by atoms with Gasteiger partial charge >= 0.3 is 0 Å². The highest BCUT2D eigenvalue weighted by Gasteiger charge is 2.60. The monoisotopic (exact) mass is 1460 g/mol. The maximum absolute atomic E-state index is 13.0. The van der Waals surface area contributed by atoms with Crippen LogP contribution in [-0.4, -0.2) is 423 Å². The molecule has 578 valence electrons. The van der Waals surface area contributed by atoms with Crippen LogP contribution in [0.4, 0.5) is 0 Å². The molecule has 40 atom stereocenters. The van der Waals surface area contributed by atoms with Crippen LogP contribution in [0.15, 0.2) is 0 Å². The van der Waals surface area contributed by atoms with E-state index in [1.807, 2.05) is 0 Å². The molecule has 44 nitrogen and oxygen atoms in total. The first kappa shape index (κ1) is 82.1. The van der Waals surface area contributed by atoms with E-state index in [4.69, 9.17) is 71.1 Å². The first-order valence-electron chi connectivity index (χ1n) is 32.0. The third-order valence-electron chi connectivity index (χ3n) is 18.2. The maximum Gasteiger partial charge on any atom is 0.217 e. The summed E-state index contributed by atoms with van der Waals surface area (Å²) >= 11 is 0. The van der Waals surface area contributed by atoms with E-state index in [2.05, 4.69) is 21.3 Å². The predicted molar refractivity (Wildman–Crippen MR) is 309 cm³/mol. The first-order chi connectivity index (χ1) is 47.2. The molecule has 25 N–H and O–H groups in total. The number of aliphatic hydroxyl groups excluding tert-OH is 21. The minimum Gasteiger partial charge on any atom is -0.394 e. The molecule has 0 aliphatic carbocycles. The van der Waals surface area contributed by atoms with Crippen molar-refractivity contribution in [3.05, 3.63) is 0 Å². The fourth-order valence-electron chi connectivity index (χ4n) is 12.8. The van der Waals surface area contributed by atoms with Crippen molar-refractivity contribution in [2.75, 3.05) is 46.2 Å². The third kappa shape index (κ3) is 18.3. The lowest BCUT2D eigenvalue weighted by Crippen LogP contribution is -2.71. The Bertz CT molecular complexity index is 2620. The zero-order chi connectivity index (χ0) is 73.8. The van der Waals surface area contributed by atoms with Crippen LogP contribution in [0.5, 0.6) is 0 Å². The molecule has 8 aliphatic rings. The molecule has 100 heavy (non-hydrogen) atoms. The van der Waals surface area contributed by atoms with E-state index >= 15 is 0 Å². The summed E-state index contributed by atoms with van der Waals surface area (Å²) in [7, 11) is 0. The second-order valence-corrected chi connectivity index (χ2v) is 25.4. The fourth-order valence-corrected chi connectivity index (χ4v) is 12.8. The van der Waals surface area contributed by atoms with Crippen molar-refractivity contribution in [1.29, 1.82) is 0 Å². The Morgan fingerprint density at radius 2 is 0.610 bits per heavy atom. The van der Waals surface area contributed by atoms with Crippen LogP contribution in [0, 0.1) is 0 Å². The van der Waals surface area contributed by atoms with Crippen molar-refractivity contribution in [3.63, 3.8) is 0 Å². The van der Waals surface area contributed by atoms with Crippen molar-refractivity contribution in [1.82, 2.24) is 21.3 Å². The number of nitrogens with one attached hydrogen (secondary N) is 4. The summed E-state index contributed by atoms with van der Waals surface area (Å²) in [5.41, 5.74) is 0. The fraction of sp³-hybridized carbons (Fsp3) is 0.929. The van der Waals surface area contributed by atoms with Gasteiger partial charge in [0.2, 0.25) is 23.6 Å². The average molecular weight is 1460 g/mol. The summed E-state index contributed by atoms with van der Waals surface area (Å²) < 4.78 is 88.4. The molecule has 8 fully saturated rings. The van der Waals surface area contributed by atoms with Gasteiger partial charge in [-0.05, 0) is 6.92 Å². The normalized spacial score (nSPS) is 48.7. The SMILES string of the molecule is CC(=O)N[C@@H]1[C@@H](O)[C@H](O[C@@H]2O[C@H](CO)[C@@H](O[C@@H]3O[C@H](CO[C@H]4O[C@H](CO)[C@@H](O)[C@H](O)[C@@H]4O)[C@@H](O)[C@H](O[C@@H]4O[C@H](CO)[C@@H](O)[C@H](O)[C@@H]4O[C@@H]4O[C@H](CO)[C@@H](O[C@@H]5O[C@H](CO)[C@H](O)[C@H](O)[C@H]5NC(C)=O)[C@H](O)[C@H]4NC(C)=O)[C@@H]3O)[C@H](O)[C@H]2NC(C)=O)[C@@H](CO[C@@H]2O[C@@H](C)[C@@H](O)[C@@H](O)[C@@H]2O)O[C@H]1O. The molecular weight excluding hydrogens is 1370 g/mol. The molecule has 0 saturated carbocycles. The molecule has 8 heterocycles. The van der Waals surface area contributed by atoms with E-state index in [0.29, 0.717) is 0 Å². The van der Waals surface area contributed by atoms with Crippen molar-refractivity contribution in [2.45, 2.75) is 280 Å². The van der Waals surface area contributed by atoms with Gasteiger partial charge in [0.25, 0.3) is 0 Å². The number of amides is 4. The zero-order valence-electron chi connectivity index (χ0n) is 54.2. The lowest BCUT2D eigenvalue weighted by atomic mass is 9.93. The number of carbonyl (C=O) groups is 4. The Morgan fingerprint density at radius 1 is 0.280 bits per heavy atom. The summed E-state index contributed by atoms with van der Waals surface area (Å²) in [4.78, 5) is 50.5. The van der Waals surface area contributed by atoms with E-state index in [0.717, 1.165) is 27.7 Å². The topological polar surface area (TPSA) is 680 Å². The summed E-state index contributed by atoms with van der Waals surface area (Å²) in [5, 5.41) is 241. The zero-order valence-corrected chi connectivity index (χ0v) is 54.2. The van der Waals surface area contributed by atoms with Gasteiger partial charge in [-0.1, -0.05) is 0 Å². The second kappa shape index (κ2) is 35.7. The average Bonchev–Trinajstić information content (AvgIpc) is 0.769. The van der Waals surface area contributed by atoms with Crippen molar-refractivity contribution in [2.24, 2.45) is 0 Å². The third-order valence-corrected chi connectivity index (χ3v) is 18.2. The van der Waals surface area contributed by atoms with Crippen LogP contribution >= 0.6 is 0 Å². The van der Waals surface area contributed by atoms with Gasteiger partial charge in [-0.3, -0.25) is 19.2 Å². The quantitative estimate of drug-likeness (QED) is 0.0404. The van der Waals surface area contributed by atoms with Crippen molar-refractivity contribution in [3.8, 4) is 0 Å². The molecule has 4 amide bonds. The summed E-state index contributed by atoms with van der Waals surface area (Å²) in [6.07, 6.45) is -70.9.